The molecule has 1 fully saturated rings. The van der Waals surface area contributed by atoms with Crippen LogP contribution in [0.15, 0.2) is 42.7 Å². The van der Waals surface area contributed by atoms with Gasteiger partial charge in [-0.3, -0.25) is 9.78 Å². The summed E-state index contributed by atoms with van der Waals surface area (Å²) in [6.45, 7) is 1.22. The van der Waals surface area contributed by atoms with Gasteiger partial charge in [0.25, 0.3) is 5.91 Å². The monoisotopic (exact) mass is 350 g/mol. The zero-order chi connectivity index (χ0) is 16.2. The highest BCUT2D eigenvalue weighted by atomic mass is 35.5. The Bertz CT molecular complexity index is 708. The maximum atomic E-state index is 12.6. The Kier molecular flexibility index (Phi) is 5.03. The number of halogens is 2. The molecular formula is C17H16Cl2N2O2. The molecule has 1 unspecified atom stereocenters. The van der Waals surface area contributed by atoms with Crippen molar-refractivity contribution < 1.29 is 9.53 Å². The second kappa shape index (κ2) is 7.20. The lowest BCUT2D eigenvalue weighted by Gasteiger charge is -2.33. The van der Waals surface area contributed by atoms with E-state index in [9.17, 15) is 4.79 Å². The number of aromatic nitrogens is 1. The summed E-state index contributed by atoms with van der Waals surface area (Å²) in [7, 11) is 0. The van der Waals surface area contributed by atoms with Crippen LogP contribution in [0, 0.1) is 0 Å². The molecule has 1 amide bonds. The molecule has 1 aromatic carbocycles. The van der Waals surface area contributed by atoms with Gasteiger partial charge in [0.15, 0.2) is 0 Å². The van der Waals surface area contributed by atoms with Crippen molar-refractivity contribution in [3.8, 4) is 5.75 Å². The molecule has 6 heteroatoms. The SMILES string of the molecule is O=C(c1ccccc1Cl)N1CCCC(Oc2ccncc2Cl)C1. The molecule has 0 aliphatic carbocycles. The molecule has 1 saturated heterocycles. The minimum Gasteiger partial charge on any atom is -0.487 e. The van der Waals surface area contributed by atoms with Gasteiger partial charge in [0, 0.05) is 25.0 Å². The van der Waals surface area contributed by atoms with Crippen molar-refractivity contribution in [1.29, 1.82) is 0 Å². The summed E-state index contributed by atoms with van der Waals surface area (Å²) in [5, 5.41) is 0.944. The van der Waals surface area contributed by atoms with Gasteiger partial charge in [0.05, 0.1) is 17.1 Å². The molecule has 0 spiro atoms. The van der Waals surface area contributed by atoms with Crippen LogP contribution in [0.25, 0.3) is 0 Å². The van der Waals surface area contributed by atoms with E-state index in [4.69, 9.17) is 27.9 Å². The zero-order valence-electron chi connectivity index (χ0n) is 12.4. The van der Waals surface area contributed by atoms with Gasteiger partial charge in [0.1, 0.15) is 16.9 Å². The highest BCUT2D eigenvalue weighted by Gasteiger charge is 2.27. The Morgan fingerprint density at radius 2 is 2.04 bits per heavy atom. The van der Waals surface area contributed by atoms with Gasteiger partial charge in [-0.1, -0.05) is 35.3 Å². The molecule has 0 N–H and O–H groups in total. The topological polar surface area (TPSA) is 42.4 Å². The van der Waals surface area contributed by atoms with Crippen molar-refractivity contribution in [1.82, 2.24) is 9.88 Å². The number of carbonyl (C=O) groups excluding carboxylic acids is 1. The molecule has 0 bridgehead atoms. The molecular weight excluding hydrogens is 335 g/mol. The van der Waals surface area contributed by atoms with E-state index >= 15 is 0 Å². The molecule has 120 valence electrons. The maximum absolute atomic E-state index is 12.6. The summed E-state index contributed by atoms with van der Waals surface area (Å²) in [4.78, 5) is 18.4. The molecule has 3 rings (SSSR count). The predicted molar refractivity (Wildman–Crippen MR) is 90.3 cm³/mol. The fourth-order valence-corrected chi connectivity index (χ4v) is 3.04. The highest BCUT2D eigenvalue weighted by molar-refractivity contribution is 6.33. The maximum Gasteiger partial charge on any atom is 0.255 e. The molecule has 0 saturated carbocycles. The third-order valence-electron chi connectivity index (χ3n) is 3.80. The number of ether oxygens (including phenoxy) is 1. The van der Waals surface area contributed by atoms with Crippen LogP contribution in [0.3, 0.4) is 0 Å². The van der Waals surface area contributed by atoms with Gasteiger partial charge in [0.2, 0.25) is 0 Å². The minimum absolute atomic E-state index is 0.0651. The number of amides is 1. The number of carbonyl (C=O) groups is 1. The fraction of sp³-hybridized carbons (Fsp3) is 0.294. The summed E-state index contributed by atoms with van der Waals surface area (Å²) in [5.41, 5.74) is 0.525. The van der Waals surface area contributed by atoms with Gasteiger partial charge in [-0.15, -0.1) is 0 Å². The fourth-order valence-electron chi connectivity index (χ4n) is 2.66. The standard InChI is InChI=1S/C17H16Cl2N2O2/c18-14-6-2-1-5-13(14)17(22)21-9-3-4-12(11-21)23-16-7-8-20-10-15(16)19/h1-2,5-8,10,12H,3-4,9,11H2. The summed E-state index contributed by atoms with van der Waals surface area (Å²) in [6.07, 6.45) is 4.85. The molecule has 4 nitrogen and oxygen atoms in total. The Balaban J connectivity index is 1.70. The first kappa shape index (κ1) is 16.1. The Morgan fingerprint density at radius 3 is 2.83 bits per heavy atom. The smallest absolute Gasteiger partial charge is 0.255 e. The molecule has 2 heterocycles. The molecule has 1 aromatic heterocycles. The van der Waals surface area contributed by atoms with Crippen molar-refractivity contribution in [2.75, 3.05) is 13.1 Å². The van der Waals surface area contributed by atoms with Crippen LogP contribution < -0.4 is 4.74 Å². The summed E-state index contributed by atoms with van der Waals surface area (Å²) in [6, 6.07) is 8.83. The molecule has 1 aliphatic heterocycles. The first-order valence-corrected chi connectivity index (χ1v) is 8.20. The molecule has 0 radical (unpaired) electrons. The number of benzene rings is 1. The third-order valence-corrected chi connectivity index (χ3v) is 4.41. The quantitative estimate of drug-likeness (QED) is 0.837. The van der Waals surface area contributed by atoms with Gasteiger partial charge < -0.3 is 9.64 Å². The molecule has 23 heavy (non-hydrogen) atoms. The van der Waals surface area contributed by atoms with Crippen LogP contribution in [-0.2, 0) is 0 Å². The number of likely N-dealkylation sites (tertiary alicyclic amines) is 1. The lowest BCUT2D eigenvalue weighted by molar-refractivity contribution is 0.0538. The van der Waals surface area contributed by atoms with Gasteiger partial charge in [-0.2, -0.15) is 0 Å². The Labute approximate surface area is 145 Å². The second-order valence-electron chi connectivity index (χ2n) is 5.42. The van der Waals surface area contributed by atoms with Crippen molar-refractivity contribution in [2.45, 2.75) is 18.9 Å². The van der Waals surface area contributed by atoms with Crippen molar-refractivity contribution >= 4 is 29.1 Å². The number of hydrogen-bond acceptors (Lipinski definition) is 3. The van der Waals surface area contributed by atoms with E-state index in [-0.39, 0.29) is 12.0 Å². The van der Waals surface area contributed by atoms with E-state index < -0.39 is 0 Å². The average Bonchev–Trinajstić information content (AvgIpc) is 2.57. The van der Waals surface area contributed by atoms with Crippen molar-refractivity contribution in [3.05, 3.63) is 58.3 Å². The molecule has 2 aromatic rings. The zero-order valence-corrected chi connectivity index (χ0v) is 13.9. The van der Waals surface area contributed by atoms with Crippen molar-refractivity contribution in [2.24, 2.45) is 0 Å². The number of nitrogens with zero attached hydrogens (tertiary/aromatic N) is 2. The number of pyridine rings is 1. The number of hydrogen-bond donors (Lipinski definition) is 0. The Hall–Kier alpha value is -1.78. The summed E-state index contributed by atoms with van der Waals surface area (Å²) in [5.74, 6) is 0.531. The van der Waals surface area contributed by atoms with Crippen LogP contribution >= 0.6 is 23.2 Å². The van der Waals surface area contributed by atoms with Crippen LogP contribution in [0.2, 0.25) is 10.0 Å². The van der Waals surface area contributed by atoms with Gasteiger partial charge >= 0.3 is 0 Å². The predicted octanol–water partition coefficient (Wildman–Crippen LogP) is 4.07. The normalized spacial score (nSPS) is 17.8. The van der Waals surface area contributed by atoms with Gasteiger partial charge in [-0.25, -0.2) is 0 Å². The number of rotatable bonds is 3. The minimum atomic E-state index is -0.0879. The highest BCUT2D eigenvalue weighted by Crippen LogP contribution is 2.26. The summed E-state index contributed by atoms with van der Waals surface area (Å²) >= 11 is 12.2. The third kappa shape index (κ3) is 3.77. The first-order valence-electron chi connectivity index (χ1n) is 7.45. The molecule has 1 atom stereocenters. The average molecular weight is 351 g/mol. The van der Waals surface area contributed by atoms with Crippen LogP contribution in [0.1, 0.15) is 23.2 Å². The van der Waals surface area contributed by atoms with Crippen molar-refractivity contribution in [3.63, 3.8) is 0 Å². The van der Waals surface area contributed by atoms with Crippen LogP contribution in [0.4, 0.5) is 0 Å². The van der Waals surface area contributed by atoms with E-state index in [0.29, 0.717) is 34.4 Å². The van der Waals surface area contributed by atoms with E-state index in [0.717, 1.165) is 12.8 Å². The largest absolute Gasteiger partial charge is 0.487 e. The first-order chi connectivity index (χ1) is 11.1. The van der Waals surface area contributed by atoms with Gasteiger partial charge in [-0.05, 0) is 25.0 Å². The molecule has 1 aliphatic rings. The second-order valence-corrected chi connectivity index (χ2v) is 6.23. The lowest BCUT2D eigenvalue weighted by atomic mass is 10.1. The van der Waals surface area contributed by atoms with E-state index in [2.05, 4.69) is 4.98 Å². The van der Waals surface area contributed by atoms with E-state index in [1.54, 1.807) is 35.5 Å². The van der Waals surface area contributed by atoms with Crippen LogP contribution in [0.5, 0.6) is 5.75 Å². The van der Waals surface area contributed by atoms with E-state index in [1.807, 2.05) is 12.1 Å². The lowest BCUT2D eigenvalue weighted by Crippen LogP contribution is -2.44. The summed E-state index contributed by atoms with van der Waals surface area (Å²) < 4.78 is 5.93. The number of piperidine rings is 1. The van der Waals surface area contributed by atoms with Crippen LogP contribution in [-0.4, -0.2) is 35.0 Å². The Morgan fingerprint density at radius 1 is 1.22 bits per heavy atom. The van der Waals surface area contributed by atoms with E-state index in [1.165, 1.54) is 0 Å².